The predicted octanol–water partition coefficient (Wildman–Crippen LogP) is 3.52. The van der Waals surface area contributed by atoms with Crippen LogP contribution in [0, 0.1) is 18.6 Å². The zero-order chi connectivity index (χ0) is 11.7. The summed E-state index contributed by atoms with van der Waals surface area (Å²) in [5, 5.41) is 0. The minimum absolute atomic E-state index is 0.0739. The maximum Gasteiger partial charge on any atom is 0.146 e. The van der Waals surface area contributed by atoms with E-state index in [9.17, 15) is 8.78 Å². The molecular formula is C13H11F2N. The molecule has 0 bridgehead atoms. The number of halogens is 2. The first-order valence-corrected chi connectivity index (χ1v) is 4.89. The molecule has 2 aromatic rings. The molecule has 0 aliphatic carbocycles. The van der Waals surface area contributed by atoms with E-state index in [1.807, 2.05) is 0 Å². The van der Waals surface area contributed by atoms with Crippen LogP contribution in [0.4, 0.5) is 14.5 Å². The Hall–Kier alpha value is -1.90. The first-order chi connectivity index (χ1) is 7.58. The lowest BCUT2D eigenvalue weighted by atomic mass is 9.99. The number of benzene rings is 2. The van der Waals surface area contributed by atoms with Crippen LogP contribution in [0.25, 0.3) is 11.1 Å². The smallest absolute Gasteiger partial charge is 0.146 e. The highest BCUT2D eigenvalue weighted by Gasteiger charge is 2.07. The van der Waals surface area contributed by atoms with Gasteiger partial charge in [0, 0.05) is 0 Å². The summed E-state index contributed by atoms with van der Waals surface area (Å²) < 4.78 is 26.2. The summed E-state index contributed by atoms with van der Waals surface area (Å²) in [6.07, 6.45) is 0. The van der Waals surface area contributed by atoms with E-state index in [1.54, 1.807) is 19.1 Å². The van der Waals surface area contributed by atoms with Crippen LogP contribution < -0.4 is 5.73 Å². The fraction of sp³-hybridized carbons (Fsp3) is 0.0769. The summed E-state index contributed by atoms with van der Waals surface area (Å²) in [5.74, 6) is -0.766. The molecule has 16 heavy (non-hydrogen) atoms. The topological polar surface area (TPSA) is 26.0 Å². The zero-order valence-electron chi connectivity index (χ0n) is 8.80. The summed E-state index contributed by atoms with van der Waals surface area (Å²) >= 11 is 0. The van der Waals surface area contributed by atoms with E-state index >= 15 is 0 Å². The van der Waals surface area contributed by atoms with E-state index in [2.05, 4.69) is 0 Å². The van der Waals surface area contributed by atoms with Gasteiger partial charge in [0.2, 0.25) is 0 Å². The summed E-state index contributed by atoms with van der Waals surface area (Å²) in [6.45, 7) is 1.77. The minimum Gasteiger partial charge on any atom is -0.396 e. The van der Waals surface area contributed by atoms with Gasteiger partial charge in [-0.2, -0.15) is 0 Å². The lowest BCUT2D eigenvalue weighted by molar-refractivity contribution is 0.628. The fourth-order valence-corrected chi connectivity index (χ4v) is 1.66. The number of rotatable bonds is 1. The molecule has 0 aliphatic heterocycles. The van der Waals surface area contributed by atoms with E-state index < -0.39 is 5.82 Å². The summed E-state index contributed by atoms with van der Waals surface area (Å²) in [5.41, 5.74) is 7.75. The van der Waals surface area contributed by atoms with Gasteiger partial charge in [0.15, 0.2) is 0 Å². The van der Waals surface area contributed by atoms with Crippen LogP contribution in [0.3, 0.4) is 0 Å². The van der Waals surface area contributed by atoms with Gasteiger partial charge in [-0.05, 0) is 47.9 Å². The molecule has 0 aromatic heterocycles. The normalized spacial score (nSPS) is 10.4. The van der Waals surface area contributed by atoms with Gasteiger partial charge in [-0.1, -0.05) is 12.1 Å². The quantitative estimate of drug-likeness (QED) is 0.729. The minimum atomic E-state index is -0.447. The lowest BCUT2D eigenvalue weighted by Crippen LogP contribution is -1.94. The Bertz CT molecular complexity index is 535. The molecule has 0 heterocycles. The van der Waals surface area contributed by atoms with Crippen molar-refractivity contribution in [3.05, 3.63) is 53.6 Å². The average Bonchev–Trinajstić information content (AvgIpc) is 2.23. The molecule has 0 amide bonds. The molecule has 0 atom stereocenters. The van der Waals surface area contributed by atoms with Crippen molar-refractivity contribution < 1.29 is 8.78 Å². The van der Waals surface area contributed by atoms with E-state index in [-0.39, 0.29) is 11.5 Å². The van der Waals surface area contributed by atoms with Crippen LogP contribution in [0.5, 0.6) is 0 Å². The Morgan fingerprint density at radius 3 is 2.50 bits per heavy atom. The van der Waals surface area contributed by atoms with Crippen molar-refractivity contribution in [1.29, 1.82) is 0 Å². The Kier molecular flexibility index (Phi) is 2.60. The third-order valence-electron chi connectivity index (χ3n) is 2.48. The molecule has 0 unspecified atom stereocenters. The number of nitrogens with two attached hydrogens (primary N) is 1. The molecule has 0 aliphatic rings. The van der Waals surface area contributed by atoms with Gasteiger partial charge in [-0.25, -0.2) is 8.78 Å². The summed E-state index contributed by atoms with van der Waals surface area (Å²) in [4.78, 5) is 0. The Balaban J connectivity index is 2.60. The highest BCUT2D eigenvalue weighted by molar-refractivity contribution is 5.71. The third-order valence-corrected chi connectivity index (χ3v) is 2.48. The average molecular weight is 219 g/mol. The van der Waals surface area contributed by atoms with Gasteiger partial charge in [0.1, 0.15) is 11.6 Å². The molecule has 0 saturated heterocycles. The third kappa shape index (κ3) is 1.89. The van der Waals surface area contributed by atoms with Crippen molar-refractivity contribution in [3.8, 4) is 11.1 Å². The largest absolute Gasteiger partial charge is 0.396 e. The van der Waals surface area contributed by atoms with E-state index in [0.717, 1.165) is 11.1 Å². The van der Waals surface area contributed by atoms with E-state index in [4.69, 9.17) is 5.73 Å². The predicted molar refractivity (Wildman–Crippen MR) is 60.9 cm³/mol. The van der Waals surface area contributed by atoms with Crippen LogP contribution in [-0.4, -0.2) is 0 Å². The van der Waals surface area contributed by atoms with Crippen LogP contribution in [-0.2, 0) is 0 Å². The molecule has 0 radical (unpaired) electrons. The van der Waals surface area contributed by atoms with Gasteiger partial charge < -0.3 is 5.73 Å². The lowest BCUT2D eigenvalue weighted by Gasteiger charge is -2.08. The molecule has 3 heteroatoms. The van der Waals surface area contributed by atoms with Crippen molar-refractivity contribution in [3.63, 3.8) is 0 Å². The first kappa shape index (κ1) is 10.6. The zero-order valence-corrected chi connectivity index (χ0v) is 8.80. The van der Waals surface area contributed by atoms with Crippen molar-refractivity contribution >= 4 is 5.69 Å². The molecule has 2 N–H and O–H groups in total. The molecule has 0 saturated carbocycles. The number of aryl methyl sites for hydroxylation is 1. The molecule has 82 valence electrons. The Morgan fingerprint density at radius 2 is 1.81 bits per heavy atom. The van der Waals surface area contributed by atoms with Gasteiger partial charge >= 0.3 is 0 Å². The van der Waals surface area contributed by atoms with E-state index in [1.165, 1.54) is 24.3 Å². The summed E-state index contributed by atoms with van der Waals surface area (Å²) in [7, 11) is 0. The second-order valence-electron chi connectivity index (χ2n) is 3.70. The summed E-state index contributed by atoms with van der Waals surface area (Å²) in [6, 6.07) is 9.03. The highest BCUT2D eigenvalue weighted by atomic mass is 19.1. The maximum absolute atomic E-state index is 13.2. The monoisotopic (exact) mass is 219 g/mol. The Labute approximate surface area is 92.5 Å². The van der Waals surface area contributed by atoms with Crippen molar-refractivity contribution in [2.75, 3.05) is 5.73 Å². The molecule has 1 nitrogen and oxygen atoms in total. The highest BCUT2D eigenvalue weighted by Crippen LogP contribution is 2.27. The molecule has 2 aromatic carbocycles. The van der Waals surface area contributed by atoms with Gasteiger partial charge in [0.05, 0.1) is 5.69 Å². The van der Waals surface area contributed by atoms with Crippen LogP contribution in [0.2, 0.25) is 0 Å². The van der Waals surface area contributed by atoms with Crippen molar-refractivity contribution in [2.24, 2.45) is 0 Å². The van der Waals surface area contributed by atoms with E-state index in [0.29, 0.717) is 5.56 Å². The van der Waals surface area contributed by atoms with Crippen molar-refractivity contribution in [1.82, 2.24) is 0 Å². The van der Waals surface area contributed by atoms with Gasteiger partial charge in [-0.15, -0.1) is 0 Å². The second kappa shape index (κ2) is 3.93. The maximum atomic E-state index is 13.2. The standard InChI is InChI=1S/C13H11F2N/c1-8-5-12(15)13(16)7-11(8)9-3-2-4-10(14)6-9/h2-7H,16H2,1H3. The van der Waals surface area contributed by atoms with Gasteiger partial charge in [0.25, 0.3) is 0 Å². The number of hydrogen-bond donors (Lipinski definition) is 1. The Morgan fingerprint density at radius 1 is 1.06 bits per heavy atom. The number of anilines is 1. The SMILES string of the molecule is Cc1cc(F)c(N)cc1-c1cccc(F)c1. The number of nitrogen functional groups attached to an aromatic ring is 1. The molecule has 0 spiro atoms. The second-order valence-corrected chi connectivity index (χ2v) is 3.70. The first-order valence-electron chi connectivity index (χ1n) is 4.89. The van der Waals surface area contributed by atoms with Gasteiger partial charge in [-0.3, -0.25) is 0 Å². The molecule has 2 rings (SSSR count). The van der Waals surface area contributed by atoms with Crippen LogP contribution >= 0.6 is 0 Å². The van der Waals surface area contributed by atoms with Crippen molar-refractivity contribution in [2.45, 2.75) is 6.92 Å². The molecule has 0 fully saturated rings. The molecular weight excluding hydrogens is 208 g/mol. The van der Waals surface area contributed by atoms with Crippen LogP contribution in [0.1, 0.15) is 5.56 Å². The van der Waals surface area contributed by atoms with Crippen LogP contribution in [0.15, 0.2) is 36.4 Å². The fourth-order valence-electron chi connectivity index (χ4n) is 1.66. The number of hydrogen-bond acceptors (Lipinski definition) is 1.